The zero-order chi connectivity index (χ0) is 31.6. The van der Waals surface area contributed by atoms with Crippen molar-refractivity contribution in [3.63, 3.8) is 0 Å². The molecule has 0 radical (unpaired) electrons. The Balaban J connectivity index is 1.19. The number of hydrogen-bond acceptors (Lipinski definition) is 2. The molecule has 0 amide bonds. The van der Waals surface area contributed by atoms with Crippen LogP contribution in [0, 0.1) is 0 Å². The van der Waals surface area contributed by atoms with Gasteiger partial charge in [-0.1, -0.05) is 121 Å². The summed E-state index contributed by atoms with van der Waals surface area (Å²) >= 11 is 0. The van der Waals surface area contributed by atoms with Gasteiger partial charge in [-0.05, 0) is 64.7 Å². The van der Waals surface area contributed by atoms with E-state index in [9.17, 15) is 0 Å². The fourth-order valence-electron chi connectivity index (χ4n) is 7.49. The average Bonchev–Trinajstić information content (AvgIpc) is 3.70. The van der Waals surface area contributed by atoms with Crippen molar-refractivity contribution in [1.82, 2.24) is 9.55 Å². The molecule has 0 aliphatic heterocycles. The summed E-state index contributed by atoms with van der Waals surface area (Å²) in [5.41, 5.74) is 12.9. The molecule has 0 spiro atoms. The van der Waals surface area contributed by atoms with Crippen molar-refractivity contribution < 1.29 is 4.42 Å². The summed E-state index contributed by atoms with van der Waals surface area (Å²) in [5, 5.41) is 5.78. The van der Waals surface area contributed by atoms with Gasteiger partial charge in [-0.2, -0.15) is 0 Å². The highest BCUT2D eigenvalue weighted by atomic mass is 16.3. The fourth-order valence-corrected chi connectivity index (χ4v) is 7.49. The molecule has 0 fully saturated rings. The van der Waals surface area contributed by atoms with Crippen molar-refractivity contribution in [2.75, 3.05) is 0 Å². The summed E-state index contributed by atoms with van der Waals surface area (Å²) in [6.45, 7) is 0. The minimum atomic E-state index is 0.851. The van der Waals surface area contributed by atoms with Crippen LogP contribution in [0.5, 0.6) is 0 Å². The first-order valence-electron chi connectivity index (χ1n) is 16.3. The van der Waals surface area contributed by atoms with E-state index in [-0.39, 0.29) is 0 Å². The number of furan rings is 1. The number of hydrogen-bond donors (Lipinski definition) is 0. The van der Waals surface area contributed by atoms with Gasteiger partial charge in [0.25, 0.3) is 0 Å². The number of rotatable bonds is 4. The smallest absolute Gasteiger partial charge is 0.137 e. The Hall–Kier alpha value is -6.45. The van der Waals surface area contributed by atoms with Crippen molar-refractivity contribution in [2.45, 2.75) is 0 Å². The van der Waals surface area contributed by atoms with Crippen LogP contribution in [0.15, 0.2) is 174 Å². The van der Waals surface area contributed by atoms with Gasteiger partial charge in [0.1, 0.15) is 11.2 Å². The maximum absolute atomic E-state index is 6.63. The molecule has 0 aliphatic rings. The lowest BCUT2D eigenvalue weighted by Gasteiger charge is -2.11. The number of nitrogens with zero attached hydrogens (tertiary/aromatic N) is 2. The van der Waals surface area contributed by atoms with E-state index in [1.807, 2.05) is 0 Å². The third-order valence-electron chi connectivity index (χ3n) is 9.60. The molecule has 3 nitrogen and oxygen atoms in total. The van der Waals surface area contributed by atoms with Crippen LogP contribution in [0.25, 0.3) is 93.8 Å². The molecule has 0 saturated heterocycles. The van der Waals surface area contributed by atoms with E-state index in [0.717, 1.165) is 49.8 Å². The van der Waals surface area contributed by atoms with Crippen molar-refractivity contribution in [3.05, 3.63) is 170 Å². The highest BCUT2D eigenvalue weighted by Crippen LogP contribution is 2.42. The number of aromatic nitrogens is 2. The van der Waals surface area contributed by atoms with Crippen molar-refractivity contribution in [3.8, 4) is 39.2 Å². The van der Waals surface area contributed by atoms with E-state index in [1.165, 1.54) is 44.1 Å². The zero-order valence-corrected chi connectivity index (χ0v) is 26.0. The van der Waals surface area contributed by atoms with Crippen LogP contribution in [0.4, 0.5) is 0 Å². The van der Waals surface area contributed by atoms with Crippen LogP contribution in [0.2, 0.25) is 0 Å². The molecule has 0 unspecified atom stereocenters. The highest BCUT2D eigenvalue weighted by molar-refractivity contribution is 6.17. The summed E-state index contributed by atoms with van der Waals surface area (Å²) in [6, 6.07) is 60.0. The quantitative estimate of drug-likeness (QED) is 0.198. The Bertz CT molecular complexity index is 2830. The van der Waals surface area contributed by atoms with Crippen molar-refractivity contribution >= 4 is 54.6 Å². The summed E-state index contributed by atoms with van der Waals surface area (Å²) in [7, 11) is 0. The first kappa shape index (κ1) is 26.7. The van der Waals surface area contributed by atoms with Crippen LogP contribution in [-0.2, 0) is 0 Å². The molecule has 10 aromatic rings. The first-order chi connectivity index (χ1) is 23.8. The van der Waals surface area contributed by atoms with Gasteiger partial charge >= 0.3 is 0 Å². The van der Waals surface area contributed by atoms with Gasteiger partial charge < -0.3 is 8.98 Å². The lowest BCUT2D eigenvalue weighted by Crippen LogP contribution is -1.93. The molecule has 3 heterocycles. The number of fused-ring (bicyclic) bond motifs is 7. The molecular weight excluding hydrogens is 585 g/mol. The van der Waals surface area contributed by atoms with Crippen LogP contribution in [-0.4, -0.2) is 9.55 Å². The second kappa shape index (κ2) is 10.5. The third kappa shape index (κ3) is 4.04. The van der Waals surface area contributed by atoms with Gasteiger partial charge in [0.05, 0.1) is 22.2 Å². The molecular formula is C45H28N2O. The number of para-hydroxylation sites is 2. The SMILES string of the molecule is c1ccc(-c2cc(-c3cccc4oc5cc(-n6c7ccccc7c7c(-c8ccccc8)cccc76)ccc5c34)nc3ccccc23)cc1. The summed E-state index contributed by atoms with van der Waals surface area (Å²) in [4.78, 5) is 5.18. The summed E-state index contributed by atoms with van der Waals surface area (Å²) in [6.07, 6.45) is 0. The first-order valence-corrected chi connectivity index (χ1v) is 16.3. The minimum Gasteiger partial charge on any atom is -0.456 e. The second-order valence-electron chi connectivity index (χ2n) is 12.3. The van der Waals surface area contributed by atoms with Crippen molar-refractivity contribution in [2.24, 2.45) is 0 Å². The standard InChI is InChI=1S/C45H28N2O/c1-3-13-29(14-4-1)32-19-11-23-41-44(32)35-18-8-10-22-40(35)47(41)31-25-26-36-43(27-31)48-42-24-12-20-34(45(36)42)39-28-37(30-15-5-2-6-16-30)33-17-7-9-21-38(33)46-39/h1-28H. The Morgan fingerprint density at radius 3 is 1.92 bits per heavy atom. The molecule has 0 bridgehead atoms. The second-order valence-corrected chi connectivity index (χ2v) is 12.3. The molecule has 7 aromatic carbocycles. The molecule has 0 atom stereocenters. The maximum Gasteiger partial charge on any atom is 0.137 e. The van der Waals surface area contributed by atoms with Gasteiger partial charge in [-0.15, -0.1) is 0 Å². The van der Waals surface area contributed by atoms with Gasteiger partial charge in [-0.25, -0.2) is 4.98 Å². The largest absolute Gasteiger partial charge is 0.456 e. The van der Waals surface area contributed by atoms with Gasteiger partial charge in [-0.3, -0.25) is 0 Å². The predicted octanol–water partition coefficient (Wildman–Crippen LogP) is 12.2. The summed E-state index contributed by atoms with van der Waals surface area (Å²) < 4.78 is 8.99. The van der Waals surface area contributed by atoms with E-state index in [2.05, 4.69) is 174 Å². The van der Waals surface area contributed by atoms with E-state index < -0.39 is 0 Å². The number of benzene rings is 7. The molecule has 3 aromatic heterocycles. The molecule has 224 valence electrons. The van der Waals surface area contributed by atoms with E-state index in [1.54, 1.807) is 0 Å². The molecule has 48 heavy (non-hydrogen) atoms. The summed E-state index contributed by atoms with van der Waals surface area (Å²) in [5.74, 6) is 0. The van der Waals surface area contributed by atoms with Crippen LogP contribution < -0.4 is 0 Å². The normalized spacial score (nSPS) is 11.8. The van der Waals surface area contributed by atoms with Gasteiger partial charge in [0.15, 0.2) is 0 Å². The number of pyridine rings is 1. The average molecular weight is 613 g/mol. The van der Waals surface area contributed by atoms with Crippen LogP contribution in [0.1, 0.15) is 0 Å². The van der Waals surface area contributed by atoms with E-state index >= 15 is 0 Å². The third-order valence-corrected chi connectivity index (χ3v) is 9.60. The Kier molecular flexibility index (Phi) is 5.87. The zero-order valence-electron chi connectivity index (χ0n) is 26.0. The predicted molar refractivity (Wildman–Crippen MR) is 200 cm³/mol. The lowest BCUT2D eigenvalue weighted by molar-refractivity contribution is 0.668. The minimum absolute atomic E-state index is 0.851. The van der Waals surface area contributed by atoms with E-state index in [0.29, 0.717) is 0 Å². The van der Waals surface area contributed by atoms with Crippen molar-refractivity contribution in [1.29, 1.82) is 0 Å². The van der Waals surface area contributed by atoms with Crippen LogP contribution in [0.3, 0.4) is 0 Å². The van der Waals surface area contributed by atoms with Gasteiger partial charge in [0.2, 0.25) is 0 Å². The lowest BCUT2D eigenvalue weighted by atomic mass is 9.96. The fraction of sp³-hybridized carbons (Fsp3) is 0. The molecule has 10 rings (SSSR count). The molecule has 0 saturated carbocycles. The topological polar surface area (TPSA) is 31.0 Å². The van der Waals surface area contributed by atoms with Gasteiger partial charge in [0, 0.05) is 44.2 Å². The molecule has 0 N–H and O–H groups in total. The molecule has 3 heteroatoms. The Morgan fingerprint density at radius 2 is 1.08 bits per heavy atom. The molecule has 0 aliphatic carbocycles. The maximum atomic E-state index is 6.63. The Labute approximate surface area is 277 Å². The monoisotopic (exact) mass is 612 g/mol. The van der Waals surface area contributed by atoms with E-state index in [4.69, 9.17) is 9.40 Å². The Morgan fingerprint density at radius 1 is 0.417 bits per heavy atom. The van der Waals surface area contributed by atoms with Crippen LogP contribution >= 0.6 is 0 Å². The highest BCUT2D eigenvalue weighted by Gasteiger charge is 2.19.